The molecule has 0 radical (unpaired) electrons. The molecule has 136 valence electrons. The molecule has 26 heavy (non-hydrogen) atoms. The van der Waals surface area contributed by atoms with Gasteiger partial charge in [-0.1, -0.05) is 51.0 Å². The minimum absolute atomic E-state index is 0.673. The summed E-state index contributed by atoms with van der Waals surface area (Å²) in [6.45, 7) is 4.38. The molecule has 0 amide bonds. The highest BCUT2D eigenvalue weighted by molar-refractivity contribution is 7.83. The lowest BCUT2D eigenvalue weighted by atomic mass is 10.1. The number of imidazole rings is 1. The normalized spacial score (nSPS) is 11.1. The Morgan fingerprint density at radius 1 is 0.692 bits per heavy atom. The predicted molar refractivity (Wildman–Crippen MR) is 118 cm³/mol. The Bertz CT molecular complexity index is 859. The van der Waals surface area contributed by atoms with Crippen LogP contribution in [0.25, 0.3) is 11.4 Å². The fourth-order valence-corrected chi connectivity index (χ4v) is 4.30. The Morgan fingerprint density at radius 2 is 1.04 bits per heavy atom. The van der Waals surface area contributed by atoms with Crippen molar-refractivity contribution in [2.45, 2.75) is 49.6 Å². The van der Waals surface area contributed by atoms with Crippen LogP contribution in [-0.2, 0) is 12.8 Å². The summed E-state index contributed by atoms with van der Waals surface area (Å²) in [7, 11) is 0. The van der Waals surface area contributed by atoms with Crippen LogP contribution in [0.15, 0.2) is 58.6 Å². The van der Waals surface area contributed by atoms with Crippen molar-refractivity contribution in [2.24, 2.45) is 0 Å². The molecule has 5 heteroatoms. The SMILES string of the molecule is CCCc1ccc(-n2c(S)c(S)n(-c3ccc(CCC)cc3)c2=S)cc1. The van der Waals surface area contributed by atoms with Crippen LogP contribution in [0.1, 0.15) is 37.8 Å². The molecule has 0 saturated heterocycles. The third-order valence-corrected chi connectivity index (χ3v) is 5.84. The molecule has 1 heterocycles. The van der Waals surface area contributed by atoms with E-state index in [1.54, 1.807) is 0 Å². The summed E-state index contributed by atoms with van der Waals surface area (Å²) in [5, 5.41) is 1.50. The monoisotopic (exact) mass is 400 g/mol. The molecular weight excluding hydrogens is 376 g/mol. The lowest BCUT2D eigenvalue weighted by molar-refractivity contribution is 0.897. The van der Waals surface area contributed by atoms with E-state index >= 15 is 0 Å². The van der Waals surface area contributed by atoms with Gasteiger partial charge in [-0.25, -0.2) is 0 Å². The maximum absolute atomic E-state index is 5.76. The zero-order chi connectivity index (χ0) is 18.7. The minimum atomic E-state index is 0.673. The Balaban J connectivity index is 2.04. The Morgan fingerprint density at radius 3 is 1.35 bits per heavy atom. The van der Waals surface area contributed by atoms with E-state index in [0.29, 0.717) is 4.77 Å². The third-order valence-electron chi connectivity index (χ3n) is 4.47. The molecule has 2 nitrogen and oxygen atoms in total. The van der Waals surface area contributed by atoms with Gasteiger partial charge in [0.2, 0.25) is 0 Å². The van der Waals surface area contributed by atoms with Crippen LogP contribution in [0.3, 0.4) is 0 Å². The van der Waals surface area contributed by atoms with Crippen molar-refractivity contribution in [3.63, 3.8) is 0 Å². The van der Waals surface area contributed by atoms with E-state index in [9.17, 15) is 0 Å². The van der Waals surface area contributed by atoms with Gasteiger partial charge in [0, 0.05) is 11.4 Å². The topological polar surface area (TPSA) is 9.86 Å². The van der Waals surface area contributed by atoms with Crippen molar-refractivity contribution in [3.8, 4) is 11.4 Å². The zero-order valence-corrected chi connectivity index (χ0v) is 17.7. The standard InChI is InChI=1S/C21H24N2S3/c1-3-5-15-7-11-17(12-8-15)22-19(24)20(25)23(21(22)26)18-13-9-16(6-4-2)10-14-18/h7-14,24-25H,3-6H2,1-2H3. The van der Waals surface area contributed by atoms with E-state index in [1.165, 1.54) is 11.1 Å². The van der Waals surface area contributed by atoms with Crippen LogP contribution < -0.4 is 0 Å². The largest absolute Gasteiger partial charge is 0.279 e. The van der Waals surface area contributed by atoms with Gasteiger partial charge in [-0.15, -0.1) is 25.3 Å². The van der Waals surface area contributed by atoms with Gasteiger partial charge in [-0.2, -0.15) is 0 Å². The molecule has 0 aliphatic heterocycles. The van der Waals surface area contributed by atoms with Crippen LogP contribution in [0.4, 0.5) is 0 Å². The first-order valence-corrected chi connectivity index (χ1v) is 10.3. The first-order valence-electron chi connectivity index (χ1n) is 9.01. The second-order valence-corrected chi connectivity index (χ2v) is 7.65. The smallest absolute Gasteiger partial charge is 0.190 e. The van der Waals surface area contributed by atoms with Gasteiger partial charge in [0.25, 0.3) is 0 Å². The molecule has 0 fully saturated rings. The third kappa shape index (κ3) is 3.80. The van der Waals surface area contributed by atoms with Gasteiger partial charge >= 0.3 is 0 Å². The average molecular weight is 401 g/mol. The summed E-state index contributed by atoms with van der Waals surface area (Å²) in [6.07, 6.45) is 4.45. The van der Waals surface area contributed by atoms with Crippen molar-refractivity contribution >= 4 is 37.5 Å². The maximum Gasteiger partial charge on any atom is 0.190 e. The number of aryl methyl sites for hydroxylation is 2. The van der Waals surface area contributed by atoms with Crippen LogP contribution in [0, 0.1) is 4.77 Å². The van der Waals surface area contributed by atoms with Crippen molar-refractivity contribution in [2.75, 3.05) is 0 Å². The average Bonchev–Trinajstić information content (AvgIpc) is 2.87. The highest BCUT2D eigenvalue weighted by atomic mass is 32.1. The molecule has 1 aromatic heterocycles. The quantitative estimate of drug-likeness (QED) is 0.356. The number of hydrogen-bond acceptors (Lipinski definition) is 3. The number of hydrogen-bond donors (Lipinski definition) is 2. The molecular formula is C21H24N2S3. The number of rotatable bonds is 6. The molecule has 0 N–H and O–H groups in total. The molecule has 3 rings (SSSR count). The molecule has 0 aliphatic rings. The van der Waals surface area contributed by atoms with E-state index in [2.05, 4.69) is 87.6 Å². The highest BCUT2D eigenvalue weighted by Crippen LogP contribution is 2.29. The van der Waals surface area contributed by atoms with Crippen LogP contribution in [-0.4, -0.2) is 9.13 Å². The van der Waals surface area contributed by atoms with Gasteiger partial charge in [-0.05, 0) is 60.5 Å². The fourth-order valence-electron chi connectivity index (χ4n) is 3.15. The van der Waals surface area contributed by atoms with Crippen molar-refractivity contribution in [1.82, 2.24) is 9.13 Å². The first kappa shape index (κ1) is 19.3. The first-order chi connectivity index (χ1) is 12.6. The second kappa shape index (κ2) is 8.51. The Hall–Kier alpha value is -1.43. The van der Waals surface area contributed by atoms with E-state index < -0.39 is 0 Å². The lowest BCUT2D eigenvalue weighted by Gasteiger charge is -2.07. The highest BCUT2D eigenvalue weighted by Gasteiger charge is 2.15. The van der Waals surface area contributed by atoms with Crippen LogP contribution in [0.5, 0.6) is 0 Å². The molecule has 0 bridgehead atoms. The summed E-state index contributed by atoms with van der Waals surface area (Å²) < 4.78 is 4.61. The molecule has 0 aliphatic carbocycles. The minimum Gasteiger partial charge on any atom is -0.279 e. The number of aromatic nitrogens is 2. The molecule has 0 saturated carbocycles. The molecule has 3 aromatic rings. The Labute approximate surface area is 171 Å². The van der Waals surface area contributed by atoms with Crippen molar-refractivity contribution < 1.29 is 0 Å². The summed E-state index contributed by atoms with van der Waals surface area (Å²) >= 11 is 15.1. The van der Waals surface area contributed by atoms with E-state index in [1.807, 2.05) is 9.13 Å². The van der Waals surface area contributed by atoms with Crippen molar-refractivity contribution in [3.05, 3.63) is 64.4 Å². The second-order valence-electron chi connectivity index (χ2n) is 6.43. The van der Waals surface area contributed by atoms with Gasteiger partial charge in [0.05, 0.1) is 0 Å². The predicted octanol–water partition coefficient (Wildman–Crippen LogP) is 6.48. The van der Waals surface area contributed by atoms with E-state index in [-0.39, 0.29) is 0 Å². The van der Waals surface area contributed by atoms with Gasteiger partial charge in [0.15, 0.2) is 4.77 Å². The summed E-state index contributed by atoms with van der Waals surface area (Å²) in [5.74, 6) is 0. The van der Waals surface area contributed by atoms with Gasteiger partial charge in [-0.3, -0.25) is 9.13 Å². The van der Waals surface area contributed by atoms with Crippen LogP contribution in [0.2, 0.25) is 0 Å². The summed E-state index contributed by atoms with van der Waals surface area (Å²) in [6, 6.07) is 17.0. The van der Waals surface area contributed by atoms with E-state index in [0.717, 1.165) is 47.1 Å². The molecule has 0 unspecified atom stereocenters. The van der Waals surface area contributed by atoms with Crippen molar-refractivity contribution in [1.29, 1.82) is 0 Å². The fraction of sp³-hybridized carbons (Fsp3) is 0.286. The summed E-state index contributed by atoms with van der Waals surface area (Å²) in [4.78, 5) is 0. The van der Waals surface area contributed by atoms with Crippen LogP contribution >= 0.6 is 37.5 Å². The van der Waals surface area contributed by atoms with E-state index in [4.69, 9.17) is 12.2 Å². The zero-order valence-electron chi connectivity index (χ0n) is 15.1. The molecule has 2 aromatic carbocycles. The number of benzene rings is 2. The van der Waals surface area contributed by atoms with Gasteiger partial charge in [0.1, 0.15) is 10.1 Å². The maximum atomic E-state index is 5.76. The Kier molecular flexibility index (Phi) is 6.33. The number of thiol groups is 2. The number of nitrogens with zero attached hydrogens (tertiary/aromatic N) is 2. The lowest BCUT2D eigenvalue weighted by Crippen LogP contribution is -1.99. The molecule has 0 spiro atoms. The molecule has 0 atom stereocenters. The van der Waals surface area contributed by atoms with Gasteiger partial charge < -0.3 is 0 Å². The summed E-state index contributed by atoms with van der Waals surface area (Å²) in [5.41, 5.74) is 4.69.